The van der Waals surface area contributed by atoms with Crippen LogP contribution in [-0.2, 0) is 0 Å². The molecule has 1 aromatic rings. The van der Waals surface area contributed by atoms with Crippen molar-refractivity contribution in [3.63, 3.8) is 0 Å². The second-order valence-corrected chi connectivity index (χ2v) is 4.91. The molecule has 0 saturated heterocycles. The average molecular weight is 235 g/mol. The van der Waals surface area contributed by atoms with E-state index in [0.717, 1.165) is 19.3 Å². The van der Waals surface area contributed by atoms with Crippen LogP contribution in [0.4, 0.5) is 5.82 Å². The van der Waals surface area contributed by atoms with E-state index in [4.69, 9.17) is 0 Å². The fourth-order valence-electron chi connectivity index (χ4n) is 1.98. The first kappa shape index (κ1) is 12.1. The van der Waals surface area contributed by atoms with Crippen molar-refractivity contribution in [2.24, 2.45) is 0 Å². The maximum absolute atomic E-state index is 12.1. The molecule has 1 aliphatic carbocycles. The quantitative estimate of drug-likeness (QED) is 0.824. The highest BCUT2D eigenvalue weighted by atomic mass is 16.1. The molecule has 1 atom stereocenters. The van der Waals surface area contributed by atoms with Gasteiger partial charge in [-0.1, -0.05) is 19.8 Å². The summed E-state index contributed by atoms with van der Waals surface area (Å²) in [6.45, 7) is 4.28. The number of anilines is 1. The largest absolute Gasteiger partial charge is 0.363 e. The Morgan fingerprint density at radius 2 is 2.35 bits per heavy atom. The lowest BCUT2D eigenvalue weighted by molar-refractivity contribution is 0.636. The van der Waals surface area contributed by atoms with Crippen LogP contribution in [0.3, 0.4) is 0 Å². The summed E-state index contributed by atoms with van der Waals surface area (Å²) in [6.07, 6.45) is 9.19. The summed E-state index contributed by atoms with van der Waals surface area (Å²) >= 11 is 0. The summed E-state index contributed by atoms with van der Waals surface area (Å²) in [4.78, 5) is 16.3. The molecule has 94 valence electrons. The SMILES string of the molecule is CCCCC(C)Nc1nccn(C2CC2)c1=O. The van der Waals surface area contributed by atoms with Gasteiger partial charge in [0.2, 0.25) is 0 Å². The Hall–Kier alpha value is -1.32. The third kappa shape index (κ3) is 3.08. The Labute approximate surface area is 102 Å². The molecule has 4 heteroatoms. The third-order valence-corrected chi connectivity index (χ3v) is 3.18. The average Bonchev–Trinajstić information content (AvgIpc) is 3.13. The molecule has 0 amide bonds. The number of hydrogen-bond acceptors (Lipinski definition) is 3. The van der Waals surface area contributed by atoms with Crippen molar-refractivity contribution in [2.45, 2.75) is 58.0 Å². The van der Waals surface area contributed by atoms with Crippen molar-refractivity contribution in [3.8, 4) is 0 Å². The van der Waals surface area contributed by atoms with E-state index in [0.29, 0.717) is 17.9 Å². The summed E-state index contributed by atoms with van der Waals surface area (Å²) in [5.41, 5.74) is 0.0262. The van der Waals surface area contributed by atoms with E-state index < -0.39 is 0 Å². The van der Waals surface area contributed by atoms with E-state index in [1.807, 2.05) is 4.57 Å². The Kier molecular flexibility index (Phi) is 3.82. The van der Waals surface area contributed by atoms with Gasteiger partial charge in [0, 0.05) is 24.5 Å². The van der Waals surface area contributed by atoms with Crippen LogP contribution in [0.25, 0.3) is 0 Å². The van der Waals surface area contributed by atoms with Gasteiger partial charge in [-0.25, -0.2) is 4.98 Å². The lowest BCUT2D eigenvalue weighted by atomic mass is 10.1. The Morgan fingerprint density at radius 3 is 3.00 bits per heavy atom. The minimum atomic E-state index is 0.0262. The van der Waals surface area contributed by atoms with E-state index in [2.05, 4.69) is 24.1 Å². The zero-order valence-corrected chi connectivity index (χ0v) is 10.6. The summed E-state index contributed by atoms with van der Waals surface area (Å²) in [5, 5.41) is 3.22. The fourth-order valence-corrected chi connectivity index (χ4v) is 1.98. The van der Waals surface area contributed by atoms with Gasteiger partial charge in [-0.3, -0.25) is 4.79 Å². The van der Waals surface area contributed by atoms with Gasteiger partial charge >= 0.3 is 0 Å². The standard InChI is InChI=1S/C13H21N3O/c1-3-4-5-10(2)15-12-13(17)16(9-8-14-12)11-6-7-11/h8-11H,3-7H2,1-2H3,(H,14,15). The number of aromatic nitrogens is 2. The third-order valence-electron chi connectivity index (χ3n) is 3.18. The van der Waals surface area contributed by atoms with Crippen LogP contribution in [0.2, 0.25) is 0 Å². The Bertz CT molecular complexity index is 423. The molecule has 0 bridgehead atoms. The summed E-state index contributed by atoms with van der Waals surface area (Å²) in [5.74, 6) is 0.503. The normalized spacial score (nSPS) is 16.8. The van der Waals surface area contributed by atoms with E-state index >= 15 is 0 Å². The monoisotopic (exact) mass is 235 g/mol. The van der Waals surface area contributed by atoms with Crippen molar-refractivity contribution in [1.82, 2.24) is 9.55 Å². The van der Waals surface area contributed by atoms with Gasteiger partial charge in [-0.15, -0.1) is 0 Å². The lowest BCUT2D eigenvalue weighted by Gasteiger charge is -2.14. The summed E-state index contributed by atoms with van der Waals surface area (Å²) < 4.78 is 1.81. The van der Waals surface area contributed by atoms with Crippen molar-refractivity contribution in [1.29, 1.82) is 0 Å². The highest BCUT2D eigenvalue weighted by Crippen LogP contribution is 2.33. The first-order valence-corrected chi connectivity index (χ1v) is 6.56. The first-order valence-electron chi connectivity index (χ1n) is 6.56. The molecule has 1 aromatic heterocycles. The molecule has 2 rings (SSSR count). The lowest BCUT2D eigenvalue weighted by Crippen LogP contribution is -2.27. The van der Waals surface area contributed by atoms with Crippen LogP contribution in [0, 0.1) is 0 Å². The molecule has 1 saturated carbocycles. The molecule has 17 heavy (non-hydrogen) atoms. The second-order valence-electron chi connectivity index (χ2n) is 4.91. The molecule has 1 N–H and O–H groups in total. The molecule has 0 spiro atoms. The van der Waals surface area contributed by atoms with Gasteiger partial charge in [0.25, 0.3) is 5.56 Å². The van der Waals surface area contributed by atoms with Crippen LogP contribution < -0.4 is 10.9 Å². The van der Waals surface area contributed by atoms with Crippen LogP contribution in [0.5, 0.6) is 0 Å². The van der Waals surface area contributed by atoms with E-state index in [-0.39, 0.29) is 5.56 Å². The van der Waals surface area contributed by atoms with Gasteiger partial charge in [-0.2, -0.15) is 0 Å². The van der Waals surface area contributed by atoms with Crippen molar-refractivity contribution in [3.05, 3.63) is 22.7 Å². The van der Waals surface area contributed by atoms with Crippen LogP contribution in [0.15, 0.2) is 17.2 Å². The van der Waals surface area contributed by atoms with Gasteiger partial charge in [0.1, 0.15) is 0 Å². The van der Waals surface area contributed by atoms with Gasteiger partial charge in [0.15, 0.2) is 5.82 Å². The van der Waals surface area contributed by atoms with E-state index in [9.17, 15) is 4.79 Å². The topological polar surface area (TPSA) is 46.9 Å². The first-order chi connectivity index (χ1) is 8.22. The fraction of sp³-hybridized carbons (Fsp3) is 0.692. The maximum Gasteiger partial charge on any atom is 0.293 e. The smallest absolute Gasteiger partial charge is 0.293 e. The van der Waals surface area contributed by atoms with E-state index in [1.165, 1.54) is 12.8 Å². The Morgan fingerprint density at radius 1 is 1.59 bits per heavy atom. The van der Waals surface area contributed by atoms with Crippen molar-refractivity contribution in [2.75, 3.05) is 5.32 Å². The molecule has 1 heterocycles. The number of nitrogens with zero attached hydrogens (tertiary/aromatic N) is 2. The molecular weight excluding hydrogens is 214 g/mol. The van der Waals surface area contributed by atoms with Gasteiger partial charge in [-0.05, 0) is 26.2 Å². The number of unbranched alkanes of at least 4 members (excludes halogenated alkanes) is 1. The summed E-state index contributed by atoms with van der Waals surface area (Å²) in [7, 11) is 0. The van der Waals surface area contributed by atoms with Crippen LogP contribution in [0.1, 0.15) is 52.0 Å². The number of hydrogen-bond donors (Lipinski definition) is 1. The predicted octanol–water partition coefficient (Wildman–Crippen LogP) is 2.57. The highest BCUT2D eigenvalue weighted by molar-refractivity contribution is 5.32. The predicted molar refractivity (Wildman–Crippen MR) is 69.4 cm³/mol. The number of nitrogens with one attached hydrogen (secondary N) is 1. The summed E-state index contributed by atoms with van der Waals surface area (Å²) in [6, 6.07) is 0.724. The number of rotatable bonds is 6. The molecule has 0 radical (unpaired) electrons. The van der Waals surface area contributed by atoms with E-state index in [1.54, 1.807) is 12.4 Å². The molecular formula is C13H21N3O. The molecule has 0 aliphatic heterocycles. The zero-order valence-electron chi connectivity index (χ0n) is 10.6. The highest BCUT2D eigenvalue weighted by Gasteiger charge is 2.25. The second kappa shape index (κ2) is 5.34. The molecule has 1 fully saturated rings. The molecule has 0 aromatic carbocycles. The minimum Gasteiger partial charge on any atom is -0.363 e. The van der Waals surface area contributed by atoms with Crippen LogP contribution >= 0.6 is 0 Å². The molecule has 1 unspecified atom stereocenters. The molecule has 1 aliphatic rings. The zero-order chi connectivity index (χ0) is 12.3. The van der Waals surface area contributed by atoms with Crippen molar-refractivity contribution < 1.29 is 0 Å². The molecule has 4 nitrogen and oxygen atoms in total. The minimum absolute atomic E-state index is 0.0262. The Balaban J connectivity index is 2.05. The van der Waals surface area contributed by atoms with Gasteiger partial charge in [0.05, 0.1) is 0 Å². The van der Waals surface area contributed by atoms with Crippen molar-refractivity contribution >= 4 is 5.82 Å². The van der Waals surface area contributed by atoms with Crippen LogP contribution in [-0.4, -0.2) is 15.6 Å². The van der Waals surface area contributed by atoms with Gasteiger partial charge < -0.3 is 9.88 Å². The maximum atomic E-state index is 12.1.